The zero-order valence-electron chi connectivity index (χ0n) is 14.2. The van der Waals surface area contributed by atoms with Gasteiger partial charge >= 0.3 is 5.97 Å². The monoisotopic (exact) mass is 328 g/mol. The summed E-state index contributed by atoms with van der Waals surface area (Å²) in [5, 5.41) is 1.78. The summed E-state index contributed by atoms with van der Waals surface area (Å²) >= 11 is 0. The molecule has 2 aromatic heterocycles. The van der Waals surface area contributed by atoms with Gasteiger partial charge in [-0.25, -0.2) is 9.78 Å². The highest BCUT2D eigenvalue weighted by Gasteiger charge is 2.22. The van der Waals surface area contributed by atoms with Crippen molar-refractivity contribution in [1.29, 1.82) is 0 Å². The van der Waals surface area contributed by atoms with E-state index in [1.807, 2.05) is 18.2 Å². The summed E-state index contributed by atoms with van der Waals surface area (Å²) in [5.41, 5.74) is 2.70. The molecule has 0 saturated carbocycles. The van der Waals surface area contributed by atoms with Gasteiger partial charge in [-0.15, -0.1) is 0 Å². The first-order valence-electron chi connectivity index (χ1n) is 7.73. The molecule has 0 radical (unpaired) electrons. The summed E-state index contributed by atoms with van der Waals surface area (Å²) in [5.74, 6) is 0.272. The molecule has 0 amide bonds. The lowest BCUT2D eigenvalue weighted by Crippen LogP contribution is -2.15. The number of pyridine rings is 1. The highest BCUT2D eigenvalue weighted by Crippen LogP contribution is 2.36. The standard InChI is InChI=1S/C18H20N2O4/c1-10(2)24-18(21)17-11(9-22-3)15-13(8-19-17)20-12-6-5-7-14(23-4)16(12)15/h5-8,10,20H,9H2,1-4H3. The second kappa shape index (κ2) is 6.49. The topological polar surface area (TPSA) is 73.4 Å². The first-order chi connectivity index (χ1) is 11.6. The van der Waals surface area contributed by atoms with Crippen molar-refractivity contribution < 1.29 is 19.0 Å². The number of carbonyl (C=O) groups excluding carboxylic acids is 1. The molecule has 0 aliphatic rings. The third-order valence-corrected chi connectivity index (χ3v) is 3.77. The van der Waals surface area contributed by atoms with Crippen molar-refractivity contribution in [2.75, 3.05) is 14.2 Å². The summed E-state index contributed by atoms with van der Waals surface area (Å²) in [6, 6.07) is 5.76. The number of fused-ring (bicyclic) bond motifs is 3. The Kier molecular flexibility index (Phi) is 4.40. The van der Waals surface area contributed by atoms with Gasteiger partial charge in [-0.1, -0.05) is 6.07 Å². The third kappa shape index (κ3) is 2.69. The molecule has 1 aromatic carbocycles. The van der Waals surface area contributed by atoms with Gasteiger partial charge in [0, 0.05) is 23.4 Å². The summed E-state index contributed by atoms with van der Waals surface area (Å²) in [4.78, 5) is 20.0. The van der Waals surface area contributed by atoms with Crippen LogP contribution in [0.5, 0.6) is 5.75 Å². The van der Waals surface area contributed by atoms with Crippen LogP contribution in [0.25, 0.3) is 21.8 Å². The molecule has 2 heterocycles. The van der Waals surface area contributed by atoms with E-state index < -0.39 is 5.97 Å². The second-order valence-corrected chi connectivity index (χ2v) is 5.77. The summed E-state index contributed by atoms with van der Waals surface area (Å²) in [6.45, 7) is 3.86. The first kappa shape index (κ1) is 16.3. The molecular weight excluding hydrogens is 308 g/mol. The molecule has 0 aliphatic carbocycles. The normalized spacial score (nSPS) is 11.4. The van der Waals surface area contributed by atoms with Gasteiger partial charge < -0.3 is 19.2 Å². The number of rotatable bonds is 5. The van der Waals surface area contributed by atoms with Gasteiger partial charge in [-0.05, 0) is 26.0 Å². The Morgan fingerprint density at radius 3 is 2.67 bits per heavy atom. The zero-order chi connectivity index (χ0) is 17.3. The van der Waals surface area contributed by atoms with Crippen LogP contribution in [-0.2, 0) is 16.1 Å². The number of esters is 1. The Morgan fingerprint density at radius 2 is 2.00 bits per heavy atom. The maximum Gasteiger partial charge on any atom is 0.357 e. The molecule has 0 atom stereocenters. The predicted octanol–water partition coefficient (Wildman–Crippen LogP) is 3.44. The molecule has 126 valence electrons. The van der Waals surface area contributed by atoms with Crippen molar-refractivity contribution in [3.05, 3.63) is 35.7 Å². The Bertz CT molecular complexity index is 899. The lowest BCUT2D eigenvalue weighted by molar-refractivity contribution is 0.0366. The van der Waals surface area contributed by atoms with Crippen LogP contribution in [0.4, 0.5) is 0 Å². The van der Waals surface area contributed by atoms with Gasteiger partial charge in [0.25, 0.3) is 0 Å². The van der Waals surface area contributed by atoms with E-state index in [1.165, 1.54) is 0 Å². The van der Waals surface area contributed by atoms with E-state index in [0.29, 0.717) is 5.56 Å². The van der Waals surface area contributed by atoms with E-state index in [2.05, 4.69) is 9.97 Å². The van der Waals surface area contributed by atoms with Crippen LogP contribution in [-0.4, -0.2) is 36.3 Å². The number of nitrogens with one attached hydrogen (secondary N) is 1. The number of carbonyl (C=O) groups is 1. The number of methoxy groups -OCH3 is 2. The van der Waals surface area contributed by atoms with E-state index in [4.69, 9.17) is 14.2 Å². The molecule has 1 N–H and O–H groups in total. The number of ether oxygens (including phenoxy) is 3. The van der Waals surface area contributed by atoms with Crippen molar-refractivity contribution in [2.24, 2.45) is 0 Å². The fourth-order valence-electron chi connectivity index (χ4n) is 2.87. The zero-order valence-corrected chi connectivity index (χ0v) is 14.2. The Balaban J connectivity index is 2.33. The third-order valence-electron chi connectivity index (χ3n) is 3.77. The summed E-state index contributed by atoms with van der Waals surface area (Å²) in [6.07, 6.45) is 1.42. The minimum Gasteiger partial charge on any atom is -0.496 e. The SMILES string of the molecule is COCc1c(C(=O)OC(C)C)ncc2[nH]c3cccc(OC)c3c12. The molecule has 3 rings (SSSR count). The van der Waals surface area contributed by atoms with Gasteiger partial charge in [0.15, 0.2) is 5.69 Å². The Hall–Kier alpha value is -2.60. The van der Waals surface area contributed by atoms with Crippen molar-refractivity contribution >= 4 is 27.8 Å². The molecule has 6 nitrogen and oxygen atoms in total. The first-order valence-corrected chi connectivity index (χ1v) is 7.73. The molecule has 0 bridgehead atoms. The molecule has 0 spiro atoms. The van der Waals surface area contributed by atoms with Crippen molar-refractivity contribution in [2.45, 2.75) is 26.6 Å². The lowest BCUT2D eigenvalue weighted by atomic mass is 10.1. The van der Waals surface area contributed by atoms with Crippen LogP contribution in [0.1, 0.15) is 29.9 Å². The molecule has 3 aromatic rings. The van der Waals surface area contributed by atoms with Crippen LogP contribution in [0.2, 0.25) is 0 Å². The smallest absolute Gasteiger partial charge is 0.357 e. The van der Waals surface area contributed by atoms with Crippen LogP contribution >= 0.6 is 0 Å². The van der Waals surface area contributed by atoms with Crippen LogP contribution in [0, 0.1) is 0 Å². The van der Waals surface area contributed by atoms with Gasteiger partial charge in [-0.2, -0.15) is 0 Å². The number of aromatic nitrogens is 2. The predicted molar refractivity (Wildman–Crippen MR) is 91.4 cm³/mol. The quantitative estimate of drug-likeness (QED) is 0.726. The number of nitrogens with zero attached hydrogens (tertiary/aromatic N) is 1. The molecule has 0 fully saturated rings. The second-order valence-electron chi connectivity index (χ2n) is 5.77. The molecule has 0 unspecified atom stereocenters. The maximum atomic E-state index is 12.4. The van der Waals surface area contributed by atoms with E-state index in [0.717, 1.165) is 27.6 Å². The maximum absolute atomic E-state index is 12.4. The molecule has 24 heavy (non-hydrogen) atoms. The molecule has 0 aliphatic heterocycles. The highest BCUT2D eigenvalue weighted by molar-refractivity contribution is 6.13. The summed E-state index contributed by atoms with van der Waals surface area (Å²) < 4.78 is 16.1. The summed E-state index contributed by atoms with van der Waals surface area (Å²) in [7, 11) is 3.21. The van der Waals surface area contributed by atoms with Gasteiger partial charge in [-0.3, -0.25) is 0 Å². The number of aromatic amines is 1. The average molecular weight is 328 g/mol. The largest absolute Gasteiger partial charge is 0.496 e. The van der Waals surface area contributed by atoms with Crippen molar-refractivity contribution in [1.82, 2.24) is 9.97 Å². The minimum atomic E-state index is -0.455. The number of benzene rings is 1. The Morgan fingerprint density at radius 1 is 1.21 bits per heavy atom. The van der Waals surface area contributed by atoms with E-state index in [-0.39, 0.29) is 18.4 Å². The average Bonchev–Trinajstić information content (AvgIpc) is 2.93. The Labute approximate surface area is 139 Å². The van der Waals surface area contributed by atoms with E-state index in [1.54, 1.807) is 34.3 Å². The van der Waals surface area contributed by atoms with E-state index in [9.17, 15) is 4.79 Å². The fourth-order valence-corrected chi connectivity index (χ4v) is 2.87. The van der Waals surface area contributed by atoms with Crippen LogP contribution in [0.3, 0.4) is 0 Å². The van der Waals surface area contributed by atoms with Crippen molar-refractivity contribution in [3.8, 4) is 5.75 Å². The molecule has 0 saturated heterocycles. The van der Waals surface area contributed by atoms with Crippen LogP contribution in [0.15, 0.2) is 24.4 Å². The minimum absolute atomic E-state index is 0.220. The highest BCUT2D eigenvalue weighted by atomic mass is 16.5. The lowest BCUT2D eigenvalue weighted by Gasteiger charge is -2.12. The fraction of sp³-hybridized carbons (Fsp3) is 0.333. The van der Waals surface area contributed by atoms with Crippen LogP contribution < -0.4 is 4.74 Å². The number of hydrogen-bond acceptors (Lipinski definition) is 5. The number of hydrogen-bond donors (Lipinski definition) is 1. The van der Waals surface area contributed by atoms with E-state index >= 15 is 0 Å². The molecular formula is C18H20N2O4. The number of H-pyrrole nitrogens is 1. The van der Waals surface area contributed by atoms with Gasteiger partial charge in [0.2, 0.25) is 0 Å². The van der Waals surface area contributed by atoms with Crippen molar-refractivity contribution in [3.63, 3.8) is 0 Å². The van der Waals surface area contributed by atoms with Gasteiger partial charge in [0.1, 0.15) is 5.75 Å². The van der Waals surface area contributed by atoms with Gasteiger partial charge in [0.05, 0.1) is 37.1 Å². The molecule has 6 heteroatoms.